The summed E-state index contributed by atoms with van der Waals surface area (Å²) in [6.07, 6.45) is 1.72. The highest BCUT2D eigenvalue weighted by molar-refractivity contribution is 7.89. The van der Waals surface area contributed by atoms with Crippen molar-refractivity contribution < 1.29 is 13.2 Å². The number of hydrogen-bond donors (Lipinski definition) is 0. The molecule has 0 fully saturated rings. The van der Waals surface area contributed by atoms with Crippen LogP contribution in [0.25, 0.3) is 0 Å². The molecule has 0 spiro atoms. The molecule has 8 heteroatoms. The number of nitrogens with zero attached hydrogens (tertiary/aromatic N) is 4. The van der Waals surface area contributed by atoms with Crippen molar-refractivity contribution in [2.45, 2.75) is 18.2 Å². The largest absolute Gasteiger partial charge is 0.348 e. The number of rotatable bonds is 6. The van der Waals surface area contributed by atoms with E-state index in [1.165, 1.54) is 17.0 Å². The zero-order valence-electron chi connectivity index (χ0n) is 12.3. The van der Waals surface area contributed by atoms with Gasteiger partial charge in [-0.05, 0) is 18.6 Å². The topological polar surface area (TPSA) is 94.4 Å². The van der Waals surface area contributed by atoms with Crippen LogP contribution in [0.5, 0.6) is 0 Å². The summed E-state index contributed by atoms with van der Waals surface area (Å²) < 4.78 is 26.1. The monoisotopic (exact) mass is 310 g/mol. The number of carbonyl (C=O) groups is 1. The molecule has 1 rings (SSSR count). The summed E-state index contributed by atoms with van der Waals surface area (Å²) in [6, 6.07) is 4.49. The van der Waals surface area contributed by atoms with Crippen molar-refractivity contribution >= 4 is 15.9 Å². The van der Waals surface area contributed by atoms with Gasteiger partial charge in [-0.25, -0.2) is 13.4 Å². The van der Waals surface area contributed by atoms with Gasteiger partial charge in [0.1, 0.15) is 16.7 Å². The molecule has 1 heterocycles. The van der Waals surface area contributed by atoms with E-state index in [1.54, 1.807) is 14.1 Å². The SMILES string of the molecule is CCCN(CC(=O)N(C)C)S(=O)(=O)c1ccc(C#N)nc1. The number of sulfonamides is 1. The van der Waals surface area contributed by atoms with Crippen molar-refractivity contribution in [3.05, 3.63) is 24.0 Å². The lowest BCUT2D eigenvalue weighted by Gasteiger charge is -2.22. The van der Waals surface area contributed by atoms with Crippen LogP contribution in [0.4, 0.5) is 0 Å². The molecule has 0 N–H and O–H groups in total. The average Bonchev–Trinajstić information content (AvgIpc) is 2.46. The molecule has 114 valence electrons. The molecule has 0 atom stereocenters. The first-order valence-corrected chi connectivity index (χ1v) is 7.83. The minimum Gasteiger partial charge on any atom is -0.348 e. The fraction of sp³-hybridized carbons (Fsp3) is 0.462. The van der Waals surface area contributed by atoms with E-state index < -0.39 is 10.0 Å². The molecule has 21 heavy (non-hydrogen) atoms. The number of pyridine rings is 1. The smallest absolute Gasteiger partial charge is 0.245 e. The van der Waals surface area contributed by atoms with Gasteiger partial charge in [0.15, 0.2) is 0 Å². The minimum atomic E-state index is -3.80. The number of carbonyl (C=O) groups excluding carboxylic acids is 1. The normalized spacial score (nSPS) is 11.2. The van der Waals surface area contributed by atoms with Gasteiger partial charge in [-0.1, -0.05) is 6.92 Å². The van der Waals surface area contributed by atoms with Crippen LogP contribution in [0.2, 0.25) is 0 Å². The Morgan fingerprint density at radius 1 is 1.38 bits per heavy atom. The number of hydrogen-bond acceptors (Lipinski definition) is 5. The van der Waals surface area contributed by atoms with Crippen LogP contribution >= 0.6 is 0 Å². The van der Waals surface area contributed by atoms with Gasteiger partial charge >= 0.3 is 0 Å². The van der Waals surface area contributed by atoms with Crippen LogP contribution in [-0.2, 0) is 14.8 Å². The van der Waals surface area contributed by atoms with Gasteiger partial charge in [0.05, 0.1) is 6.54 Å². The maximum atomic E-state index is 12.5. The highest BCUT2D eigenvalue weighted by Crippen LogP contribution is 2.15. The zero-order valence-corrected chi connectivity index (χ0v) is 13.1. The van der Waals surface area contributed by atoms with Crippen molar-refractivity contribution in [1.82, 2.24) is 14.2 Å². The van der Waals surface area contributed by atoms with Crippen molar-refractivity contribution in [2.24, 2.45) is 0 Å². The van der Waals surface area contributed by atoms with Crippen LogP contribution < -0.4 is 0 Å². The van der Waals surface area contributed by atoms with Crippen LogP contribution in [0.1, 0.15) is 19.0 Å². The second-order valence-corrected chi connectivity index (χ2v) is 6.56. The lowest BCUT2D eigenvalue weighted by Crippen LogP contribution is -2.40. The van der Waals surface area contributed by atoms with Crippen LogP contribution in [0, 0.1) is 11.3 Å². The Morgan fingerprint density at radius 3 is 2.48 bits per heavy atom. The third-order valence-electron chi connectivity index (χ3n) is 2.77. The Hall–Kier alpha value is -1.98. The number of likely N-dealkylation sites (N-methyl/N-ethyl adjacent to an activating group) is 1. The third kappa shape index (κ3) is 4.24. The minimum absolute atomic E-state index is 0.0264. The number of amides is 1. The molecule has 0 saturated carbocycles. The molecule has 1 aromatic heterocycles. The van der Waals surface area contributed by atoms with E-state index in [0.717, 1.165) is 10.5 Å². The van der Waals surface area contributed by atoms with E-state index in [9.17, 15) is 13.2 Å². The molecule has 0 aliphatic carbocycles. The summed E-state index contributed by atoms with van der Waals surface area (Å²) in [6.45, 7) is 1.85. The number of nitriles is 1. The number of aromatic nitrogens is 1. The van der Waals surface area contributed by atoms with Crippen LogP contribution in [0.3, 0.4) is 0 Å². The van der Waals surface area contributed by atoms with Crippen LogP contribution in [0.15, 0.2) is 23.2 Å². The predicted molar refractivity (Wildman–Crippen MR) is 76.7 cm³/mol. The molecule has 0 aliphatic rings. The maximum absolute atomic E-state index is 12.5. The van der Waals surface area contributed by atoms with E-state index >= 15 is 0 Å². The lowest BCUT2D eigenvalue weighted by atomic mass is 10.4. The Balaban J connectivity index is 3.09. The molecular formula is C13H18N4O3S. The Labute approximate surface area is 124 Å². The van der Waals surface area contributed by atoms with Gasteiger partial charge in [-0.3, -0.25) is 4.79 Å². The molecule has 0 aromatic carbocycles. The third-order valence-corrected chi connectivity index (χ3v) is 4.60. The predicted octanol–water partition coefficient (Wildman–Crippen LogP) is 0.442. The van der Waals surface area contributed by atoms with Gasteiger partial charge in [-0.15, -0.1) is 0 Å². The van der Waals surface area contributed by atoms with Gasteiger partial charge < -0.3 is 4.90 Å². The van der Waals surface area contributed by atoms with Crippen molar-refractivity contribution in [3.8, 4) is 6.07 Å². The quantitative estimate of drug-likeness (QED) is 0.760. The molecule has 1 amide bonds. The second-order valence-electron chi connectivity index (χ2n) is 4.62. The second kappa shape index (κ2) is 7.15. The Kier molecular flexibility index (Phi) is 5.81. The summed E-state index contributed by atoms with van der Waals surface area (Å²) in [5, 5.41) is 8.68. The highest BCUT2D eigenvalue weighted by Gasteiger charge is 2.26. The molecule has 0 aliphatic heterocycles. The maximum Gasteiger partial charge on any atom is 0.245 e. The average molecular weight is 310 g/mol. The van der Waals surface area contributed by atoms with Crippen molar-refractivity contribution in [2.75, 3.05) is 27.2 Å². The first kappa shape index (κ1) is 17.1. The van der Waals surface area contributed by atoms with Gasteiger partial charge in [0.2, 0.25) is 15.9 Å². The van der Waals surface area contributed by atoms with E-state index in [2.05, 4.69) is 4.98 Å². The molecular weight excluding hydrogens is 292 g/mol. The molecule has 1 aromatic rings. The first-order chi connectivity index (χ1) is 9.82. The summed E-state index contributed by atoms with van der Waals surface area (Å²) >= 11 is 0. The van der Waals surface area contributed by atoms with Crippen molar-refractivity contribution in [3.63, 3.8) is 0 Å². The lowest BCUT2D eigenvalue weighted by molar-refractivity contribution is -0.128. The van der Waals surface area contributed by atoms with Crippen LogP contribution in [-0.4, -0.2) is 55.7 Å². The summed E-state index contributed by atoms with van der Waals surface area (Å²) in [4.78, 5) is 16.8. The zero-order chi connectivity index (χ0) is 16.0. The fourth-order valence-electron chi connectivity index (χ4n) is 1.57. The van der Waals surface area contributed by atoms with Gasteiger partial charge in [0.25, 0.3) is 0 Å². The summed E-state index contributed by atoms with van der Waals surface area (Å²) in [7, 11) is -0.659. The molecule has 0 unspecified atom stereocenters. The Morgan fingerprint density at radius 2 is 2.05 bits per heavy atom. The highest BCUT2D eigenvalue weighted by atomic mass is 32.2. The van der Waals surface area contributed by atoms with Gasteiger partial charge in [0, 0.05) is 26.8 Å². The standard InChI is InChI=1S/C13H18N4O3S/c1-4-7-17(10-13(18)16(2)3)21(19,20)12-6-5-11(8-14)15-9-12/h5-6,9H,4,7,10H2,1-3H3. The van der Waals surface area contributed by atoms with E-state index in [4.69, 9.17) is 5.26 Å². The summed E-state index contributed by atoms with van der Waals surface area (Å²) in [5.41, 5.74) is 0.139. The van der Waals surface area contributed by atoms with E-state index in [1.807, 2.05) is 13.0 Å². The molecule has 0 saturated heterocycles. The van der Waals surface area contributed by atoms with E-state index in [-0.39, 0.29) is 29.6 Å². The van der Waals surface area contributed by atoms with E-state index in [0.29, 0.717) is 6.42 Å². The molecule has 0 radical (unpaired) electrons. The molecule has 0 bridgehead atoms. The fourth-order valence-corrected chi connectivity index (χ4v) is 3.00. The Bertz CT molecular complexity index is 632. The summed E-state index contributed by atoms with van der Waals surface area (Å²) in [5.74, 6) is -0.298. The molecule has 7 nitrogen and oxygen atoms in total. The first-order valence-electron chi connectivity index (χ1n) is 6.39. The van der Waals surface area contributed by atoms with Crippen molar-refractivity contribution in [1.29, 1.82) is 5.26 Å². The van der Waals surface area contributed by atoms with Gasteiger partial charge in [-0.2, -0.15) is 9.57 Å².